The van der Waals surface area contributed by atoms with Crippen LogP contribution >= 0.6 is 0 Å². The molecule has 0 amide bonds. The van der Waals surface area contributed by atoms with Crippen LogP contribution in [0.5, 0.6) is 0 Å². The molecule has 0 fully saturated rings. The second-order valence-electron chi connectivity index (χ2n) is 4.33. The zero-order valence-corrected chi connectivity index (χ0v) is 12.1. The van der Waals surface area contributed by atoms with Crippen LogP contribution in [0, 0.1) is 5.82 Å². The number of carboxylic acids is 1. The molecule has 20 heavy (non-hydrogen) atoms. The van der Waals surface area contributed by atoms with Crippen molar-refractivity contribution in [3.8, 4) is 0 Å². The Morgan fingerprint density at radius 2 is 2.05 bits per heavy atom. The van der Waals surface area contributed by atoms with Crippen molar-refractivity contribution in [2.75, 3.05) is 13.1 Å². The van der Waals surface area contributed by atoms with Gasteiger partial charge in [-0.25, -0.2) is 17.6 Å². The Morgan fingerprint density at radius 1 is 1.45 bits per heavy atom. The van der Waals surface area contributed by atoms with Gasteiger partial charge in [-0.2, -0.15) is 4.31 Å². The van der Waals surface area contributed by atoms with Crippen molar-refractivity contribution in [3.63, 3.8) is 0 Å². The van der Waals surface area contributed by atoms with E-state index in [9.17, 15) is 17.6 Å². The maximum absolute atomic E-state index is 13.3. The van der Waals surface area contributed by atoms with Crippen molar-refractivity contribution in [3.05, 3.63) is 41.7 Å². The minimum Gasteiger partial charge on any atom is -0.478 e. The Kier molecular flexibility index (Phi) is 5.02. The molecule has 0 aliphatic rings. The van der Waals surface area contributed by atoms with Gasteiger partial charge in [0.25, 0.3) is 0 Å². The van der Waals surface area contributed by atoms with Crippen LogP contribution in [0.4, 0.5) is 4.39 Å². The van der Waals surface area contributed by atoms with E-state index in [0.29, 0.717) is 5.57 Å². The Morgan fingerprint density at radius 3 is 2.50 bits per heavy atom. The molecule has 110 valence electrons. The summed E-state index contributed by atoms with van der Waals surface area (Å²) in [7, 11) is -4.09. The van der Waals surface area contributed by atoms with E-state index < -0.39 is 32.3 Å². The van der Waals surface area contributed by atoms with Crippen LogP contribution in [0.1, 0.15) is 24.2 Å². The summed E-state index contributed by atoms with van der Waals surface area (Å²) in [5.74, 6) is -2.23. The number of carboxylic acid groups (broad SMARTS) is 1. The van der Waals surface area contributed by atoms with Gasteiger partial charge in [-0.1, -0.05) is 19.1 Å². The number of sulfonamides is 1. The van der Waals surface area contributed by atoms with Crippen LogP contribution in [0.25, 0.3) is 0 Å². The van der Waals surface area contributed by atoms with E-state index in [1.165, 1.54) is 0 Å². The second kappa shape index (κ2) is 6.15. The predicted molar refractivity (Wildman–Crippen MR) is 72.6 cm³/mol. The summed E-state index contributed by atoms with van der Waals surface area (Å²) >= 11 is 0. The molecule has 1 rings (SSSR count). The Bertz CT molecular complexity index is 640. The van der Waals surface area contributed by atoms with Crippen molar-refractivity contribution in [2.45, 2.75) is 18.7 Å². The third-order valence-corrected chi connectivity index (χ3v) is 4.55. The number of halogens is 1. The lowest BCUT2D eigenvalue weighted by atomic mass is 10.2. The van der Waals surface area contributed by atoms with Gasteiger partial charge in [0.15, 0.2) is 0 Å². The van der Waals surface area contributed by atoms with Crippen LogP contribution < -0.4 is 0 Å². The zero-order chi connectivity index (χ0) is 15.5. The molecule has 0 aromatic heterocycles. The first kappa shape index (κ1) is 16.3. The molecule has 7 heteroatoms. The molecular weight excluding hydrogens is 285 g/mol. The smallest absolute Gasteiger partial charge is 0.337 e. The normalized spacial score (nSPS) is 11.6. The Hall–Kier alpha value is -1.73. The summed E-state index contributed by atoms with van der Waals surface area (Å²) in [5, 5.41) is 9.03. The molecule has 0 bridgehead atoms. The minimum atomic E-state index is -4.09. The first-order valence-corrected chi connectivity index (χ1v) is 7.31. The first-order valence-electron chi connectivity index (χ1n) is 5.87. The van der Waals surface area contributed by atoms with Crippen LogP contribution in [-0.2, 0) is 10.0 Å². The number of benzene rings is 1. The second-order valence-corrected chi connectivity index (χ2v) is 6.24. The molecule has 1 aromatic rings. The minimum absolute atomic E-state index is 0.0500. The van der Waals surface area contributed by atoms with E-state index in [1.54, 1.807) is 13.8 Å². The van der Waals surface area contributed by atoms with Gasteiger partial charge in [-0.15, -0.1) is 0 Å². The molecule has 0 radical (unpaired) electrons. The summed E-state index contributed by atoms with van der Waals surface area (Å²) in [6, 6.07) is 2.58. The maximum Gasteiger partial charge on any atom is 0.337 e. The van der Waals surface area contributed by atoms with E-state index in [2.05, 4.69) is 6.58 Å². The van der Waals surface area contributed by atoms with Crippen LogP contribution in [-0.4, -0.2) is 36.9 Å². The van der Waals surface area contributed by atoms with E-state index in [-0.39, 0.29) is 13.1 Å². The molecule has 0 atom stereocenters. The van der Waals surface area contributed by atoms with E-state index in [0.717, 1.165) is 22.5 Å². The van der Waals surface area contributed by atoms with Gasteiger partial charge in [-0.05, 0) is 25.1 Å². The van der Waals surface area contributed by atoms with Gasteiger partial charge >= 0.3 is 5.97 Å². The number of nitrogens with zero attached hydrogens (tertiary/aromatic N) is 1. The standard InChI is InChI=1S/C13H16FNO4S/c1-4-15(8-9(2)3)20(18,19)12-7-10(14)5-6-11(12)13(16)17/h5-7H,2,4,8H2,1,3H3,(H,16,17). The third-order valence-electron chi connectivity index (χ3n) is 2.59. The Balaban J connectivity index is 3.44. The molecule has 0 saturated heterocycles. The average Bonchev–Trinajstić information content (AvgIpc) is 2.34. The molecule has 1 N–H and O–H groups in total. The molecule has 0 spiro atoms. The monoisotopic (exact) mass is 301 g/mol. The summed E-state index contributed by atoms with van der Waals surface area (Å²) in [5.41, 5.74) is 0.148. The number of likely N-dealkylation sites (N-methyl/N-ethyl adjacent to an activating group) is 1. The van der Waals surface area contributed by atoms with E-state index in [1.807, 2.05) is 0 Å². The average molecular weight is 301 g/mol. The SMILES string of the molecule is C=C(C)CN(CC)S(=O)(=O)c1cc(F)ccc1C(=O)O. The van der Waals surface area contributed by atoms with Gasteiger partial charge in [-0.3, -0.25) is 0 Å². The maximum atomic E-state index is 13.3. The number of aromatic carboxylic acids is 1. The topological polar surface area (TPSA) is 74.7 Å². The fourth-order valence-corrected chi connectivity index (χ4v) is 3.40. The highest BCUT2D eigenvalue weighted by Gasteiger charge is 2.28. The van der Waals surface area contributed by atoms with Crippen molar-refractivity contribution in [2.24, 2.45) is 0 Å². The molecule has 0 unspecified atom stereocenters. The zero-order valence-electron chi connectivity index (χ0n) is 11.3. The molecule has 0 aliphatic heterocycles. The summed E-state index contributed by atoms with van der Waals surface area (Å²) in [6.45, 7) is 7.07. The molecule has 0 saturated carbocycles. The highest BCUT2D eigenvalue weighted by Crippen LogP contribution is 2.22. The molecule has 0 heterocycles. The summed E-state index contributed by atoms with van der Waals surface area (Å²) < 4.78 is 39.2. The number of hydrogen-bond acceptors (Lipinski definition) is 3. The van der Waals surface area contributed by atoms with Gasteiger partial charge < -0.3 is 5.11 Å². The largest absolute Gasteiger partial charge is 0.478 e. The van der Waals surface area contributed by atoms with Gasteiger partial charge in [0.1, 0.15) is 5.82 Å². The number of carbonyl (C=O) groups is 1. The van der Waals surface area contributed by atoms with Crippen molar-refractivity contribution >= 4 is 16.0 Å². The lowest BCUT2D eigenvalue weighted by Crippen LogP contribution is -2.33. The molecule has 5 nitrogen and oxygen atoms in total. The van der Waals surface area contributed by atoms with Gasteiger partial charge in [0.2, 0.25) is 10.0 Å². The molecular formula is C13H16FNO4S. The summed E-state index contributed by atoms with van der Waals surface area (Å²) in [6.07, 6.45) is 0. The van der Waals surface area contributed by atoms with E-state index in [4.69, 9.17) is 5.11 Å². The lowest BCUT2D eigenvalue weighted by molar-refractivity contribution is 0.0692. The fraction of sp³-hybridized carbons (Fsp3) is 0.308. The van der Waals surface area contributed by atoms with Crippen LogP contribution in [0.3, 0.4) is 0 Å². The Labute approximate surface area is 117 Å². The first-order chi connectivity index (χ1) is 9.20. The van der Waals surface area contributed by atoms with Gasteiger partial charge in [0, 0.05) is 13.1 Å². The van der Waals surface area contributed by atoms with Crippen LogP contribution in [0.15, 0.2) is 35.2 Å². The van der Waals surface area contributed by atoms with Crippen molar-refractivity contribution in [1.29, 1.82) is 0 Å². The third kappa shape index (κ3) is 3.43. The molecule has 0 aliphatic carbocycles. The van der Waals surface area contributed by atoms with E-state index >= 15 is 0 Å². The fourth-order valence-electron chi connectivity index (χ4n) is 1.69. The highest BCUT2D eigenvalue weighted by atomic mass is 32.2. The molecule has 1 aromatic carbocycles. The van der Waals surface area contributed by atoms with Gasteiger partial charge in [0.05, 0.1) is 10.5 Å². The van der Waals surface area contributed by atoms with Crippen molar-refractivity contribution < 1.29 is 22.7 Å². The number of hydrogen-bond donors (Lipinski definition) is 1. The highest BCUT2D eigenvalue weighted by molar-refractivity contribution is 7.89. The predicted octanol–water partition coefficient (Wildman–Crippen LogP) is 2.11. The quantitative estimate of drug-likeness (QED) is 0.817. The number of rotatable bonds is 6. The van der Waals surface area contributed by atoms with Crippen LogP contribution in [0.2, 0.25) is 0 Å². The van der Waals surface area contributed by atoms with Crippen molar-refractivity contribution in [1.82, 2.24) is 4.31 Å². The lowest BCUT2D eigenvalue weighted by Gasteiger charge is -2.21. The summed E-state index contributed by atoms with van der Waals surface area (Å²) in [4.78, 5) is 10.5.